The number of ether oxygens (including phenoxy) is 1. The van der Waals surface area contributed by atoms with Gasteiger partial charge in [0, 0.05) is 17.5 Å². The average molecular weight is 304 g/mol. The number of aromatic nitrogens is 1. The van der Waals surface area contributed by atoms with Crippen molar-refractivity contribution >= 4 is 17.3 Å². The minimum Gasteiger partial charge on any atom is -0.468 e. The Balaban J connectivity index is 2.01. The van der Waals surface area contributed by atoms with Gasteiger partial charge in [0.1, 0.15) is 11.0 Å². The zero-order chi connectivity index (χ0) is 15.2. The first-order valence-corrected chi connectivity index (χ1v) is 7.81. The Morgan fingerprint density at radius 3 is 2.67 bits per heavy atom. The van der Waals surface area contributed by atoms with E-state index in [0.717, 1.165) is 16.3 Å². The van der Waals surface area contributed by atoms with E-state index in [9.17, 15) is 4.79 Å². The molecule has 2 rings (SSSR count). The Labute approximate surface area is 129 Å². The van der Waals surface area contributed by atoms with Gasteiger partial charge in [-0.05, 0) is 5.92 Å². The second kappa shape index (κ2) is 7.33. The van der Waals surface area contributed by atoms with Gasteiger partial charge < -0.3 is 4.74 Å². The SMILES string of the molecule is COC(=O)C(NCc1nc(-c2ccccc2)cs1)C(C)C. The number of methoxy groups -OCH3 is 1. The maximum absolute atomic E-state index is 11.7. The Morgan fingerprint density at radius 2 is 2.05 bits per heavy atom. The number of esters is 1. The molecule has 1 atom stereocenters. The van der Waals surface area contributed by atoms with E-state index in [1.54, 1.807) is 11.3 Å². The number of carbonyl (C=O) groups is 1. The van der Waals surface area contributed by atoms with Crippen molar-refractivity contribution in [1.82, 2.24) is 10.3 Å². The minimum absolute atomic E-state index is 0.172. The molecule has 0 saturated carbocycles. The molecule has 0 bridgehead atoms. The van der Waals surface area contributed by atoms with Crippen LogP contribution in [0.5, 0.6) is 0 Å². The smallest absolute Gasteiger partial charge is 0.323 e. The molecule has 0 aliphatic heterocycles. The first-order valence-electron chi connectivity index (χ1n) is 6.93. The molecule has 0 fully saturated rings. The molecule has 5 heteroatoms. The van der Waals surface area contributed by atoms with Gasteiger partial charge in [-0.1, -0.05) is 44.2 Å². The molecule has 1 unspecified atom stereocenters. The number of benzene rings is 1. The fraction of sp³-hybridized carbons (Fsp3) is 0.375. The van der Waals surface area contributed by atoms with E-state index in [1.807, 2.05) is 49.6 Å². The predicted molar refractivity (Wildman–Crippen MR) is 85.0 cm³/mol. The largest absolute Gasteiger partial charge is 0.468 e. The van der Waals surface area contributed by atoms with Crippen LogP contribution in [0.3, 0.4) is 0 Å². The summed E-state index contributed by atoms with van der Waals surface area (Å²) in [5.41, 5.74) is 2.07. The van der Waals surface area contributed by atoms with E-state index >= 15 is 0 Å². The summed E-state index contributed by atoms with van der Waals surface area (Å²) in [4.78, 5) is 16.3. The number of hydrogen-bond acceptors (Lipinski definition) is 5. The lowest BCUT2D eigenvalue weighted by molar-refractivity contribution is -0.144. The van der Waals surface area contributed by atoms with Gasteiger partial charge in [-0.15, -0.1) is 11.3 Å². The maximum Gasteiger partial charge on any atom is 0.323 e. The molecule has 4 nitrogen and oxygen atoms in total. The molecular weight excluding hydrogens is 284 g/mol. The highest BCUT2D eigenvalue weighted by Crippen LogP contribution is 2.21. The lowest BCUT2D eigenvalue weighted by atomic mass is 10.1. The molecule has 0 radical (unpaired) electrons. The van der Waals surface area contributed by atoms with Crippen LogP contribution in [0.1, 0.15) is 18.9 Å². The van der Waals surface area contributed by atoms with Gasteiger partial charge in [0.15, 0.2) is 0 Å². The third-order valence-corrected chi connectivity index (χ3v) is 4.07. The second-order valence-electron chi connectivity index (χ2n) is 5.12. The molecule has 1 N–H and O–H groups in total. The highest BCUT2D eigenvalue weighted by atomic mass is 32.1. The van der Waals surface area contributed by atoms with Crippen molar-refractivity contribution in [3.63, 3.8) is 0 Å². The standard InChI is InChI=1S/C16H20N2O2S/c1-11(2)15(16(19)20-3)17-9-14-18-13(10-21-14)12-7-5-4-6-8-12/h4-8,10-11,15,17H,9H2,1-3H3. The van der Waals surface area contributed by atoms with Crippen LogP contribution < -0.4 is 5.32 Å². The molecule has 112 valence electrons. The van der Waals surface area contributed by atoms with Crippen molar-refractivity contribution in [3.05, 3.63) is 40.7 Å². The van der Waals surface area contributed by atoms with Gasteiger partial charge in [0.2, 0.25) is 0 Å². The molecule has 0 aliphatic rings. The van der Waals surface area contributed by atoms with E-state index in [1.165, 1.54) is 7.11 Å². The van der Waals surface area contributed by atoms with Crippen LogP contribution in [-0.2, 0) is 16.1 Å². The lowest BCUT2D eigenvalue weighted by Crippen LogP contribution is -2.41. The van der Waals surface area contributed by atoms with Crippen LogP contribution in [0.15, 0.2) is 35.7 Å². The van der Waals surface area contributed by atoms with Crippen molar-refractivity contribution in [2.24, 2.45) is 5.92 Å². The number of nitrogens with zero attached hydrogens (tertiary/aromatic N) is 1. The third kappa shape index (κ3) is 4.12. The summed E-state index contributed by atoms with van der Waals surface area (Å²) in [7, 11) is 1.41. The van der Waals surface area contributed by atoms with Crippen LogP contribution in [0.2, 0.25) is 0 Å². The lowest BCUT2D eigenvalue weighted by Gasteiger charge is -2.19. The molecule has 21 heavy (non-hydrogen) atoms. The molecule has 0 aliphatic carbocycles. The summed E-state index contributed by atoms with van der Waals surface area (Å²) in [6.07, 6.45) is 0. The number of carbonyl (C=O) groups excluding carboxylic acids is 1. The number of nitrogens with one attached hydrogen (secondary N) is 1. The molecule has 0 spiro atoms. The minimum atomic E-state index is -0.306. The molecule has 1 aromatic heterocycles. The Bertz CT molecular complexity index is 581. The summed E-state index contributed by atoms with van der Waals surface area (Å²) >= 11 is 1.59. The summed E-state index contributed by atoms with van der Waals surface area (Å²) in [6, 6.07) is 9.76. The van der Waals surface area contributed by atoms with Gasteiger partial charge in [-0.25, -0.2) is 4.98 Å². The highest BCUT2D eigenvalue weighted by Gasteiger charge is 2.22. The monoisotopic (exact) mass is 304 g/mol. The van der Waals surface area contributed by atoms with Gasteiger partial charge in [0.25, 0.3) is 0 Å². The van der Waals surface area contributed by atoms with Crippen molar-refractivity contribution in [1.29, 1.82) is 0 Å². The Kier molecular flexibility index (Phi) is 5.47. The number of hydrogen-bond donors (Lipinski definition) is 1. The molecule has 1 aromatic carbocycles. The first kappa shape index (κ1) is 15.7. The zero-order valence-corrected chi connectivity index (χ0v) is 13.3. The van der Waals surface area contributed by atoms with E-state index in [2.05, 4.69) is 10.3 Å². The molecule has 0 amide bonds. The Hall–Kier alpha value is -1.72. The first-order chi connectivity index (χ1) is 10.1. The Morgan fingerprint density at radius 1 is 1.33 bits per heavy atom. The van der Waals surface area contributed by atoms with E-state index < -0.39 is 0 Å². The fourth-order valence-corrected chi connectivity index (χ4v) is 2.80. The topological polar surface area (TPSA) is 51.2 Å². The van der Waals surface area contributed by atoms with E-state index in [0.29, 0.717) is 6.54 Å². The van der Waals surface area contributed by atoms with Gasteiger partial charge >= 0.3 is 5.97 Å². The third-order valence-electron chi connectivity index (χ3n) is 3.22. The van der Waals surface area contributed by atoms with Crippen LogP contribution in [0.25, 0.3) is 11.3 Å². The van der Waals surface area contributed by atoms with Gasteiger partial charge in [-0.3, -0.25) is 10.1 Å². The zero-order valence-electron chi connectivity index (χ0n) is 12.5. The fourth-order valence-electron chi connectivity index (χ4n) is 2.05. The van der Waals surface area contributed by atoms with Crippen LogP contribution in [-0.4, -0.2) is 24.1 Å². The highest BCUT2D eigenvalue weighted by molar-refractivity contribution is 7.09. The van der Waals surface area contributed by atoms with Crippen molar-refractivity contribution < 1.29 is 9.53 Å². The van der Waals surface area contributed by atoms with Crippen LogP contribution >= 0.6 is 11.3 Å². The second-order valence-corrected chi connectivity index (χ2v) is 6.06. The van der Waals surface area contributed by atoms with E-state index in [4.69, 9.17) is 4.74 Å². The summed E-state index contributed by atoms with van der Waals surface area (Å²) in [5.74, 6) is -0.0594. The molecular formula is C16H20N2O2S. The van der Waals surface area contributed by atoms with Crippen molar-refractivity contribution in [2.75, 3.05) is 7.11 Å². The van der Waals surface area contributed by atoms with E-state index in [-0.39, 0.29) is 17.9 Å². The van der Waals surface area contributed by atoms with Gasteiger partial charge in [0.05, 0.1) is 12.8 Å². The molecule has 0 saturated heterocycles. The number of thiazole rings is 1. The van der Waals surface area contributed by atoms with Gasteiger partial charge in [-0.2, -0.15) is 0 Å². The molecule has 1 heterocycles. The maximum atomic E-state index is 11.7. The van der Waals surface area contributed by atoms with Crippen LogP contribution in [0.4, 0.5) is 0 Å². The number of rotatable bonds is 6. The van der Waals surface area contributed by atoms with Crippen molar-refractivity contribution in [2.45, 2.75) is 26.4 Å². The average Bonchev–Trinajstić information content (AvgIpc) is 2.96. The quantitative estimate of drug-likeness (QED) is 0.833. The van der Waals surface area contributed by atoms with Crippen molar-refractivity contribution in [3.8, 4) is 11.3 Å². The molecule has 2 aromatic rings. The summed E-state index contributed by atoms with van der Waals surface area (Å²) < 4.78 is 4.82. The normalized spacial score (nSPS) is 12.4. The van der Waals surface area contributed by atoms with Crippen LogP contribution in [0, 0.1) is 5.92 Å². The summed E-state index contributed by atoms with van der Waals surface area (Å²) in [6.45, 7) is 4.55. The predicted octanol–water partition coefficient (Wildman–Crippen LogP) is 3.10. The summed E-state index contributed by atoms with van der Waals surface area (Å²) in [5, 5.41) is 6.22.